The van der Waals surface area contributed by atoms with Crippen molar-refractivity contribution < 1.29 is 24.0 Å². The number of aromatic nitrogens is 1. The number of hydrogen-bond donors (Lipinski definition) is 2. The molecule has 0 aromatic carbocycles. The van der Waals surface area contributed by atoms with E-state index in [-0.39, 0.29) is 23.6 Å². The van der Waals surface area contributed by atoms with E-state index >= 15 is 0 Å². The first kappa shape index (κ1) is 20.1. The van der Waals surface area contributed by atoms with Crippen molar-refractivity contribution in [3.8, 4) is 0 Å². The lowest BCUT2D eigenvalue weighted by Gasteiger charge is -2.51. The van der Waals surface area contributed by atoms with Gasteiger partial charge in [-0.1, -0.05) is 16.8 Å². The fraction of sp³-hybridized carbons (Fsp3) is 0.722. The maximum atomic E-state index is 12.4. The van der Waals surface area contributed by atoms with Crippen molar-refractivity contribution in [2.45, 2.75) is 63.2 Å². The average molecular weight is 400 g/mol. The van der Waals surface area contributed by atoms with E-state index in [9.17, 15) is 14.7 Å². The number of aryl methyl sites for hydroxylation is 1. The van der Waals surface area contributed by atoms with Crippen LogP contribution in [-0.4, -0.2) is 63.9 Å². The van der Waals surface area contributed by atoms with Gasteiger partial charge in [0.2, 0.25) is 11.8 Å². The van der Waals surface area contributed by atoms with Crippen LogP contribution in [0.25, 0.3) is 0 Å². The van der Waals surface area contributed by atoms with Gasteiger partial charge in [0, 0.05) is 45.3 Å². The Kier molecular flexibility index (Phi) is 5.79. The third kappa shape index (κ3) is 4.80. The van der Waals surface area contributed by atoms with Crippen molar-refractivity contribution in [1.82, 2.24) is 15.4 Å². The van der Waals surface area contributed by atoms with Gasteiger partial charge in [-0.3, -0.25) is 9.59 Å². The van der Waals surface area contributed by atoms with Gasteiger partial charge in [0.1, 0.15) is 5.76 Å². The van der Waals surface area contributed by atoms with Crippen molar-refractivity contribution in [3.05, 3.63) is 17.0 Å². The highest BCUT2D eigenvalue weighted by Gasteiger charge is 2.49. The van der Waals surface area contributed by atoms with Gasteiger partial charge in [-0.2, -0.15) is 0 Å². The van der Waals surface area contributed by atoms with E-state index < -0.39 is 17.2 Å². The Balaban J connectivity index is 1.51. The van der Waals surface area contributed by atoms with Crippen molar-refractivity contribution >= 4 is 23.4 Å². The lowest BCUT2D eigenvalue weighted by Crippen LogP contribution is -2.64. The highest BCUT2D eigenvalue weighted by atomic mass is 35.5. The van der Waals surface area contributed by atoms with Crippen molar-refractivity contribution in [1.29, 1.82) is 0 Å². The molecule has 2 N–H and O–H groups in total. The van der Waals surface area contributed by atoms with Crippen LogP contribution in [0.3, 0.4) is 0 Å². The lowest BCUT2D eigenvalue weighted by molar-refractivity contribution is -0.190. The van der Waals surface area contributed by atoms with Crippen LogP contribution in [0.4, 0.5) is 0 Å². The fourth-order valence-electron chi connectivity index (χ4n) is 3.99. The summed E-state index contributed by atoms with van der Waals surface area (Å²) >= 11 is 5.71. The van der Waals surface area contributed by atoms with Crippen molar-refractivity contribution in [2.24, 2.45) is 0 Å². The number of carbonyl (C=O) groups is 2. The van der Waals surface area contributed by atoms with Gasteiger partial charge in [-0.05, 0) is 19.8 Å². The summed E-state index contributed by atoms with van der Waals surface area (Å²) < 4.78 is 11.1. The number of halogens is 1. The van der Waals surface area contributed by atoms with Crippen LogP contribution in [0.2, 0.25) is 5.15 Å². The molecule has 150 valence electrons. The molecule has 0 saturated carbocycles. The van der Waals surface area contributed by atoms with Crippen LogP contribution < -0.4 is 5.32 Å². The molecule has 9 heteroatoms. The Morgan fingerprint density at radius 1 is 1.44 bits per heavy atom. The van der Waals surface area contributed by atoms with E-state index in [2.05, 4.69) is 10.5 Å². The summed E-state index contributed by atoms with van der Waals surface area (Å²) in [6, 6.07) is 1.19. The quantitative estimate of drug-likeness (QED) is 0.790. The van der Waals surface area contributed by atoms with E-state index in [1.54, 1.807) is 13.0 Å². The van der Waals surface area contributed by atoms with E-state index in [0.29, 0.717) is 51.0 Å². The minimum absolute atomic E-state index is 0.0519. The van der Waals surface area contributed by atoms with Gasteiger partial charge in [-0.25, -0.2) is 0 Å². The second kappa shape index (κ2) is 7.77. The highest BCUT2D eigenvalue weighted by Crippen LogP contribution is 2.39. The van der Waals surface area contributed by atoms with E-state index in [1.807, 2.05) is 4.90 Å². The minimum Gasteiger partial charge on any atom is -0.388 e. The van der Waals surface area contributed by atoms with Gasteiger partial charge in [0.15, 0.2) is 5.15 Å². The van der Waals surface area contributed by atoms with E-state index in [4.69, 9.17) is 20.9 Å². The topological polar surface area (TPSA) is 105 Å². The number of amides is 2. The standard InChI is InChI=1S/C18H26ClN3O5/c1-12(23)20-14-10-26-18(11-17(14,2)25)5-7-22(8-6-18)16(24)4-3-13-9-15(19)21-27-13/h9,14,25H,3-8,10-11H2,1-2H3,(H,20,23)/t14-,17-/m0/s1. The number of nitrogens with zero attached hydrogens (tertiary/aromatic N) is 2. The molecule has 2 atom stereocenters. The first-order valence-corrected chi connectivity index (χ1v) is 9.59. The molecule has 2 aliphatic rings. The number of likely N-dealkylation sites (tertiary alicyclic amines) is 1. The number of nitrogens with one attached hydrogen (secondary N) is 1. The number of carbonyl (C=O) groups excluding carboxylic acids is 2. The summed E-state index contributed by atoms with van der Waals surface area (Å²) in [5.41, 5.74) is -1.49. The zero-order valence-corrected chi connectivity index (χ0v) is 16.4. The Morgan fingerprint density at radius 3 is 2.70 bits per heavy atom. The third-order valence-corrected chi connectivity index (χ3v) is 5.69. The highest BCUT2D eigenvalue weighted by molar-refractivity contribution is 6.29. The number of rotatable bonds is 4. The largest absolute Gasteiger partial charge is 0.388 e. The molecular weight excluding hydrogens is 374 g/mol. The van der Waals surface area contributed by atoms with Gasteiger partial charge in [0.05, 0.1) is 23.9 Å². The summed E-state index contributed by atoms with van der Waals surface area (Å²) in [5.74, 6) is 0.460. The molecule has 3 rings (SSSR count). The van der Waals surface area contributed by atoms with Crippen LogP contribution >= 0.6 is 11.6 Å². The van der Waals surface area contributed by atoms with E-state index in [0.717, 1.165) is 0 Å². The molecule has 0 radical (unpaired) electrons. The lowest BCUT2D eigenvalue weighted by atomic mass is 9.75. The maximum Gasteiger partial charge on any atom is 0.223 e. The molecule has 2 fully saturated rings. The molecule has 27 heavy (non-hydrogen) atoms. The third-order valence-electron chi connectivity index (χ3n) is 5.51. The van der Waals surface area contributed by atoms with E-state index in [1.165, 1.54) is 6.92 Å². The number of ether oxygens (including phenoxy) is 1. The first-order valence-electron chi connectivity index (χ1n) is 9.21. The Hall–Kier alpha value is -1.64. The summed E-state index contributed by atoms with van der Waals surface area (Å²) in [6.07, 6.45) is 2.56. The molecule has 0 bridgehead atoms. The molecule has 0 unspecified atom stereocenters. The normalized spacial score (nSPS) is 27.6. The summed E-state index contributed by atoms with van der Waals surface area (Å²) in [5, 5.41) is 17.4. The van der Waals surface area contributed by atoms with Gasteiger partial charge >= 0.3 is 0 Å². The molecule has 2 amide bonds. The predicted molar refractivity (Wildman–Crippen MR) is 97.2 cm³/mol. The summed E-state index contributed by atoms with van der Waals surface area (Å²) in [4.78, 5) is 25.6. The van der Waals surface area contributed by atoms with Crippen LogP contribution in [0, 0.1) is 0 Å². The van der Waals surface area contributed by atoms with Crippen LogP contribution in [0.5, 0.6) is 0 Å². The molecule has 1 spiro atoms. The number of aliphatic hydroxyl groups is 1. The predicted octanol–water partition coefficient (Wildman–Crippen LogP) is 1.30. The second-order valence-electron chi connectivity index (χ2n) is 7.78. The van der Waals surface area contributed by atoms with Crippen LogP contribution in [0.15, 0.2) is 10.6 Å². The van der Waals surface area contributed by atoms with Crippen molar-refractivity contribution in [3.63, 3.8) is 0 Å². The zero-order valence-electron chi connectivity index (χ0n) is 15.7. The minimum atomic E-state index is -1.04. The van der Waals surface area contributed by atoms with Gasteiger partial charge in [0.25, 0.3) is 0 Å². The molecular formula is C18H26ClN3O5. The molecule has 1 aromatic rings. The van der Waals surface area contributed by atoms with Gasteiger partial charge < -0.3 is 24.6 Å². The molecule has 2 aliphatic heterocycles. The Bertz CT molecular complexity index is 697. The first-order chi connectivity index (χ1) is 12.7. The summed E-state index contributed by atoms with van der Waals surface area (Å²) in [7, 11) is 0. The van der Waals surface area contributed by atoms with Crippen molar-refractivity contribution in [2.75, 3.05) is 19.7 Å². The smallest absolute Gasteiger partial charge is 0.223 e. The number of hydrogen-bond acceptors (Lipinski definition) is 6. The fourth-order valence-corrected chi connectivity index (χ4v) is 4.14. The maximum absolute atomic E-state index is 12.4. The summed E-state index contributed by atoms with van der Waals surface area (Å²) in [6.45, 7) is 4.59. The zero-order chi connectivity index (χ0) is 19.7. The SMILES string of the molecule is CC(=O)N[C@H]1COC2(CCN(C(=O)CCc3cc(Cl)no3)CC2)C[C@]1(C)O. The average Bonchev–Trinajstić information content (AvgIpc) is 3.01. The molecule has 1 aromatic heterocycles. The van der Waals surface area contributed by atoms with Crippen LogP contribution in [0.1, 0.15) is 45.3 Å². The Morgan fingerprint density at radius 2 is 2.15 bits per heavy atom. The number of piperidine rings is 1. The molecule has 0 aliphatic carbocycles. The van der Waals surface area contributed by atoms with Gasteiger partial charge in [-0.15, -0.1) is 0 Å². The monoisotopic (exact) mass is 399 g/mol. The Labute approximate surface area is 163 Å². The molecule has 2 saturated heterocycles. The second-order valence-corrected chi connectivity index (χ2v) is 8.17. The van der Waals surface area contributed by atoms with Crippen LogP contribution in [-0.2, 0) is 20.7 Å². The molecule has 3 heterocycles. The molecule has 8 nitrogen and oxygen atoms in total.